The average Bonchev–Trinajstić information content (AvgIpc) is 2.22. The van der Waals surface area contributed by atoms with Gasteiger partial charge in [-0.25, -0.2) is 8.42 Å². The van der Waals surface area contributed by atoms with Gasteiger partial charge in [0.1, 0.15) is 0 Å². The van der Waals surface area contributed by atoms with Crippen LogP contribution in [0.3, 0.4) is 0 Å². The van der Waals surface area contributed by atoms with E-state index in [9.17, 15) is 8.42 Å². The molecular weight excluding hydrogens is 318 g/mol. The topological polar surface area (TPSA) is 55.4 Å². The highest BCUT2D eigenvalue weighted by Gasteiger charge is 2.12. The normalized spacial score (nSPS) is 11.4. The molecule has 0 aliphatic rings. The van der Waals surface area contributed by atoms with E-state index in [4.69, 9.17) is 16.3 Å². The number of sulfonamides is 1. The number of hydrogen-bond donors (Lipinski definition) is 1. The van der Waals surface area contributed by atoms with Gasteiger partial charge in [0.15, 0.2) is 0 Å². The Labute approximate surface area is 108 Å². The Hall–Kier alpha value is -0.300. The first kappa shape index (κ1) is 13.8. The average molecular weight is 329 g/mol. The SMILES string of the molecule is COCCS(=O)(=O)Nc1cccc(Cl)c1Br. The van der Waals surface area contributed by atoms with E-state index in [0.717, 1.165) is 0 Å². The van der Waals surface area contributed by atoms with Crippen molar-refractivity contribution in [3.05, 3.63) is 27.7 Å². The number of methoxy groups -OCH3 is 1. The Morgan fingerprint density at radius 1 is 1.50 bits per heavy atom. The molecule has 1 aromatic rings. The first-order chi connectivity index (χ1) is 7.46. The number of benzene rings is 1. The predicted molar refractivity (Wildman–Crippen MR) is 68.4 cm³/mol. The van der Waals surface area contributed by atoms with Crippen molar-refractivity contribution in [2.24, 2.45) is 0 Å². The number of anilines is 1. The van der Waals surface area contributed by atoms with E-state index in [-0.39, 0.29) is 12.4 Å². The zero-order chi connectivity index (χ0) is 12.2. The summed E-state index contributed by atoms with van der Waals surface area (Å²) in [7, 11) is -1.95. The van der Waals surface area contributed by atoms with E-state index < -0.39 is 10.0 Å². The van der Waals surface area contributed by atoms with Crippen LogP contribution in [-0.4, -0.2) is 27.9 Å². The van der Waals surface area contributed by atoms with Crippen LogP contribution in [0.4, 0.5) is 5.69 Å². The minimum absolute atomic E-state index is 0.0948. The van der Waals surface area contributed by atoms with Gasteiger partial charge in [-0.3, -0.25) is 4.72 Å². The van der Waals surface area contributed by atoms with Gasteiger partial charge in [-0.15, -0.1) is 0 Å². The zero-order valence-corrected chi connectivity index (χ0v) is 11.7. The molecule has 0 unspecified atom stereocenters. The summed E-state index contributed by atoms with van der Waals surface area (Å²) >= 11 is 9.05. The van der Waals surface area contributed by atoms with Gasteiger partial charge in [-0.2, -0.15) is 0 Å². The molecule has 1 rings (SSSR count). The fraction of sp³-hybridized carbons (Fsp3) is 0.333. The van der Waals surface area contributed by atoms with Crippen LogP contribution >= 0.6 is 27.5 Å². The molecule has 0 saturated carbocycles. The Morgan fingerprint density at radius 2 is 2.19 bits per heavy atom. The van der Waals surface area contributed by atoms with Crippen LogP contribution in [-0.2, 0) is 14.8 Å². The summed E-state index contributed by atoms with van der Waals surface area (Å²) in [6.45, 7) is 0.146. The van der Waals surface area contributed by atoms with Crippen molar-refractivity contribution in [3.63, 3.8) is 0 Å². The van der Waals surface area contributed by atoms with Gasteiger partial charge >= 0.3 is 0 Å². The quantitative estimate of drug-likeness (QED) is 0.903. The number of rotatable bonds is 5. The standard InChI is InChI=1S/C9H11BrClNO3S/c1-15-5-6-16(13,14)12-8-4-2-3-7(11)9(8)10/h2-4,12H,5-6H2,1H3. The fourth-order valence-corrected chi connectivity index (χ4v) is 2.66. The molecule has 90 valence electrons. The first-order valence-corrected chi connectivity index (χ1v) is 7.22. The Balaban J connectivity index is 2.84. The van der Waals surface area contributed by atoms with Crippen LogP contribution in [0.2, 0.25) is 5.02 Å². The van der Waals surface area contributed by atoms with Crippen LogP contribution in [0, 0.1) is 0 Å². The molecule has 0 radical (unpaired) electrons. The molecule has 0 aromatic heterocycles. The molecule has 0 aliphatic carbocycles. The predicted octanol–water partition coefficient (Wildman–Crippen LogP) is 2.49. The molecule has 0 saturated heterocycles. The van der Waals surface area contributed by atoms with E-state index >= 15 is 0 Å². The van der Waals surface area contributed by atoms with Gasteiger partial charge in [-0.1, -0.05) is 17.7 Å². The maximum atomic E-state index is 11.6. The minimum atomic E-state index is -3.40. The van der Waals surface area contributed by atoms with Crippen LogP contribution in [0.1, 0.15) is 0 Å². The van der Waals surface area contributed by atoms with Crippen molar-refractivity contribution in [2.75, 3.05) is 24.2 Å². The Morgan fingerprint density at radius 3 is 2.81 bits per heavy atom. The maximum Gasteiger partial charge on any atom is 0.235 e. The molecule has 1 aromatic carbocycles. The van der Waals surface area contributed by atoms with Gasteiger partial charge in [-0.05, 0) is 28.1 Å². The molecule has 4 nitrogen and oxygen atoms in total. The van der Waals surface area contributed by atoms with Gasteiger partial charge in [0.05, 0.1) is 27.5 Å². The monoisotopic (exact) mass is 327 g/mol. The van der Waals surface area contributed by atoms with Gasteiger partial charge in [0.2, 0.25) is 10.0 Å². The number of halogens is 2. The van der Waals surface area contributed by atoms with Gasteiger partial charge in [0, 0.05) is 7.11 Å². The van der Waals surface area contributed by atoms with E-state index in [1.54, 1.807) is 18.2 Å². The molecule has 0 bridgehead atoms. The molecular formula is C9H11BrClNO3S. The second kappa shape index (κ2) is 5.86. The summed E-state index contributed by atoms with van der Waals surface area (Å²) in [5.74, 6) is -0.0948. The second-order valence-corrected chi connectivity index (χ2v) is 6.06. The van der Waals surface area contributed by atoms with E-state index in [1.807, 2.05) is 0 Å². The van der Waals surface area contributed by atoms with Crippen molar-refractivity contribution in [3.8, 4) is 0 Å². The first-order valence-electron chi connectivity index (χ1n) is 4.40. The number of ether oxygens (including phenoxy) is 1. The summed E-state index contributed by atoms with van der Waals surface area (Å²) < 4.78 is 30.8. The summed E-state index contributed by atoms with van der Waals surface area (Å²) in [4.78, 5) is 0. The number of hydrogen-bond acceptors (Lipinski definition) is 3. The molecule has 7 heteroatoms. The lowest BCUT2D eigenvalue weighted by Crippen LogP contribution is -2.19. The van der Waals surface area contributed by atoms with Crippen LogP contribution in [0.25, 0.3) is 0 Å². The fourth-order valence-electron chi connectivity index (χ4n) is 0.994. The van der Waals surface area contributed by atoms with E-state index in [0.29, 0.717) is 15.2 Å². The summed E-state index contributed by atoms with van der Waals surface area (Å²) in [5, 5.41) is 0.451. The molecule has 0 atom stereocenters. The van der Waals surface area contributed by atoms with Crippen LogP contribution in [0.15, 0.2) is 22.7 Å². The maximum absolute atomic E-state index is 11.6. The van der Waals surface area contributed by atoms with Crippen LogP contribution in [0.5, 0.6) is 0 Å². The van der Waals surface area contributed by atoms with Gasteiger partial charge < -0.3 is 4.74 Å². The van der Waals surface area contributed by atoms with E-state index in [2.05, 4.69) is 20.7 Å². The molecule has 0 amide bonds. The Kier molecular flexibility index (Phi) is 5.04. The smallest absolute Gasteiger partial charge is 0.235 e. The summed E-state index contributed by atoms with van der Waals surface area (Å²) in [6, 6.07) is 4.96. The highest BCUT2D eigenvalue weighted by molar-refractivity contribution is 9.10. The van der Waals surface area contributed by atoms with E-state index in [1.165, 1.54) is 7.11 Å². The van der Waals surface area contributed by atoms with Crippen molar-refractivity contribution in [1.82, 2.24) is 0 Å². The lowest BCUT2D eigenvalue weighted by molar-refractivity contribution is 0.217. The highest BCUT2D eigenvalue weighted by atomic mass is 79.9. The molecule has 16 heavy (non-hydrogen) atoms. The largest absolute Gasteiger partial charge is 0.384 e. The Bertz CT molecular complexity index is 464. The molecule has 0 spiro atoms. The van der Waals surface area contributed by atoms with Gasteiger partial charge in [0.25, 0.3) is 0 Å². The molecule has 1 N–H and O–H groups in total. The lowest BCUT2D eigenvalue weighted by atomic mass is 10.3. The minimum Gasteiger partial charge on any atom is -0.384 e. The molecule has 0 aliphatic heterocycles. The third-order valence-corrected chi connectivity index (χ3v) is 4.41. The summed E-state index contributed by atoms with van der Waals surface area (Å²) in [5.41, 5.74) is 0.420. The van der Waals surface area contributed by atoms with Crippen molar-refractivity contribution in [1.29, 1.82) is 0 Å². The molecule has 0 fully saturated rings. The number of nitrogens with one attached hydrogen (secondary N) is 1. The third-order valence-electron chi connectivity index (χ3n) is 1.77. The highest BCUT2D eigenvalue weighted by Crippen LogP contribution is 2.30. The third kappa shape index (κ3) is 3.93. The van der Waals surface area contributed by atoms with Crippen molar-refractivity contribution in [2.45, 2.75) is 0 Å². The molecule has 0 heterocycles. The van der Waals surface area contributed by atoms with Crippen molar-refractivity contribution >= 4 is 43.2 Å². The second-order valence-electron chi connectivity index (χ2n) is 3.02. The van der Waals surface area contributed by atoms with Crippen LogP contribution < -0.4 is 4.72 Å². The lowest BCUT2D eigenvalue weighted by Gasteiger charge is -2.09. The summed E-state index contributed by atoms with van der Waals surface area (Å²) in [6.07, 6.45) is 0. The van der Waals surface area contributed by atoms with Crippen molar-refractivity contribution < 1.29 is 13.2 Å². The zero-order valence-electron chi connectivity index (χ0n) is 8.54.